The molecule has 0 aliphatic carbocycles. The molecule has 8 heteroatoms. The monoisotopic (exact) mass is 344 g/mol. The molecule has 0 aromatic heterocycles. The van der Waals surface area contributed by atoms with Gasteiger partial charge in [-0.05, 0) is 31.5 Å². The quantitative estimate of drug-likeness (QED) is 0.862. The normalized spacial score (nSPS) is 18.5. The van der Waals surface area contributed by atoms with Gasteiger partial charge in [-0.15, -0.1) is 0 Å². The highest BCUT2D eigenvalue weighted by molar-refractivity contribution is 6.00. The number of hydrogen-bond donors (Lipinski definition) is 1. The van der Waals surface area contributed by atoms with Crippen LogP contribution in [0.4, 0.5) is 18.9 Å². The van der Waals surface area contributed by atoms with Gasteiger partial charge in [0.15, 0.2) is 0 Å². The number of amides is 1. The van der Waals surface area contributed by atoms with E-state index in [1.54, 1.807) is 0 Å². The second kappa shape index (κ2) is 7.21. The van der Waals surface area contributed by atoms with Gasteiger partial charge in [-0.25, -0.2) is 0 Å². The number of alkyl halides is 3. The molecule has 1 fully saturated rings. The van der Waals surface area contributed by atoms with E-state index in [1.807, 2.05) is 6.92 Å². The molecule has 5 nitrogen and oxygen atoms in total. The van der Waals surface area contributed by atoms with Crippen molar-refractivity contribution < 1.29 is 27.9 Å². The minimum Gasteiger partial charge on any atom is -0.480 e. The lowest BCUT2D eigenvalue weighted by Crippen LogP contribution is -2.45. The first-order valence-corrected chi connectivity index (χ1v) is 7.69. The number of halogens is 3. The minimum absolute atomic E-state index is 0.135. The zero-order chi connectivity index (χ0) is 17.9. The van der Waals surface area contributed by atoms with Crippen LogP contribution in [0.1, 0.15) is 25.3 Å². The Kier molecular flexibility index (Phi) is 5.48. The second-order valence-electron chi connectivity index (χ2n) is 5.67. The Morgan fingerprint density at radius 2 is 2.04 bits per heavy atom. The van der Waals surface area contributed by atoms with E-state index in [1.165, 1.54) is 23.1 Å². The first-order chi connectivity index (χ1) is 11.3. The Bertz CT molecular complexity index is 619. The van der Waals surface area contributed by atoms with Gasteiger partial charge in [-0.1, -0.05) is 19.1 Å². The van der Waals surface area contributed by atoms with Crippen molar-refractivity contribution in [2.24, 2.45) is 0 Å². The maximum atomic E-state index is 13.2. The molecule has 1 heterocycles. The van der Waals surface area contributed by atoms with Gasteiger partial charge >= 0.3 is 12.1 Å². The van der Waals surface area contributed by atoms with Gasteiger partial charge in [0.25, 0.3) is 0 Å². The fraction of sp³-hybridized carbons (Fsp3) is 0.500. The second-order valence-corrected chi connectivity index (χ2v) is 5.67. The van der Waals surface area contributed by atoms with E-state index in [4.69, 9.17) is 5.11 Å². The molecule has 1 N–H and O–H groups in total. The summed E-state index contributed by atoms with van der Waals surface area (Å²) in [4.78, 5) is 26.2. The number of aliphatic carboxylic acids is 1. The van der Waals surface area contributed by atoms with Crippen molar-refractivity contribution in [2.75, 3.05) is 24.5 Å². The van der Waals surface area contributed by atoms with Crippen molar-refractivity contribution in [3.05, 3.63) is 29.8 Å². The van der Waals surface area contributed by atoms with Crippen LogP contribution in [-0.4, -0.2) is 47.6 Å². The maximum Gasteiger partial charge on any atom is 0.418 e. The van der Waals surface area contributed by atoms with Crippen molar-refractivity contribution in [3.8, 4) is 0 Å². The van der Waals surface area contributed by atoms with Crippen LogP contribution in [-0.2, 0) is 15.8 Å². The maximum absolute atomic E-state index is 13.2. The lowest BCUT2D eigenvalue weighted by atomic mass is 10.1. The van der Waals surface area contributed by atoms with Crippen LogP contribution in [0.2, 0.25) is 0 Å². The minimum atomic E-state index is -4.56. The smallest absolute Gasteiger partial charge is 0.418 e. The van der Waals surface area contributed by atoms with Gasteiger partial charge in [-0.3, -0.25) is 14.5 Å². The number of rotatable bonds is 6. The Morgan fingerprint density at radius 1 is 1.38 bits per heavy atom. The van der Waals surface area contributed by atoms with Crippen LogP contribution < -0.4 is 4.90 Å². The summed E-state index contributed by atoms with van der Waals surface area (Å²) in [5.74, 6) is -1.55. The molecule has 1 saturated heterocycles. The Labute approximate surface area is 137 Å². The van der Waals surface area contributed by atoms with Crippen molar-refractivity contribution in [1.29, 1.82) is 0 Å². The van der Waals surface area contributed by atoms with Crippen LogP contribution in [0, 0.1) is 0 Å². The molecular weight excluding hydrogens is 325 g/mol. The fourth-order valence-corrected chi connectivity index (χ4v) is 3.00. The molecule has 1 unspecified atom stereocenters. The third-order valence-corrected chi connectivity index (χ3v) is 3.97. The Balaban J connectivity index is 2.27. The molecule has 1 aliphatic heterocycles. The van der Waals surface area contributed by atoms with E-state index in [0.717, 1.165) is 11.0 Å². The first-order valence-electron chi connectivity index (χ1n) is 7.69. The summed E-state index contributed by atoms with van der Waals surface area (Å²) in [5, 5.41) is 8.98. The van der Waals surface area contributed by atoms with Gasteiger partial charge in [-0.2, -0.15) is 13.2 Å². The molecule has 2 rings (SSSR count). The van der Waals surface area contributed by atoms with E-state index < -0.39 is 29.7 Å². The number of benzene rings is 1. The predicted octanol–water partition coefficient (Wildman–Crippen LogP) is 2.61. The number of anilines is 1. The van der Waals surface area contributed by atoms with Gasteiger partial charge in [0, 0.05) is 6.54 Å². The zero-order valence-electron chi connectivity index (χ0n) is 13.2. The number of carbonyl (C=O) groups is 2. The molecule has 24 heavy (non-hydrogen) atoms. The number of carbonyl (C=O) groups excluding carboxylic acids is 1. The molecule has 0 spiro atoms. The fourth-order valence-electron chi connectivity index (χ4n) is 3.00. The highest BCUT2D eigenvalue weighted by Gasteiger charge is 2.41. The third kappa shape index (κ3) is 3.87. The van der Waals surface area contributed by atoms with Crippen LogP contribution >= 0.6 is 0 Å². The molecular formula is C16H19F3N2O3. The molecule has 0 radical (unpaired) electrons. The van der Waals surface area contributed by atoms with E-state index in [9.17, 15) is 22.8 Å². The number of nitrogens with zero attached hydrogens (tertiary/aromatic N) is 2. The summed E-state index contributed by atoms with van der Waals surface area (Å²) < 4.78 is 39.5. The van der Waals surface area contributed by atoms with Crippen LogP contribution in [0.25, 0.3) is 0 Å². The van der Waals surface area contributed by atoms with E-state index in [2.05, 4.69) is 0 Å². The molecule has 132 valence electrons. The SMILES string of the molecule is CCCN(CC(=O)O)C1CCN(c2ccccc2C(F)(F)F)C1=O. The standard InChI is InChI=1S/C16H19F3N2O3/c1-2-8-20(10-14(22)23)13-7-9-21(15(13)24)12-6-4-3-5-11(12)16(17,18)19/h3-6,13H,2,7-10H2,1H3,(H,22,23). The van der Waals surface area contributed by atoms with Gasteiger partial charge in [0.1, 0.15) is 0 Å². The summed E-state index contributed by atoms with van der Waals surface area (Å²) in [6.45, 7) is 2.08. The summed E-state index contributed by atoms with van der Waals surface area (Å²) >= 11 is 0. The van der Waals surface area contributed by atoms with Crippen LogP contribution in [0.15, 0.2) is 24.3 Å². The lowest BCUT2D eigenvalue weighted by molar-refractivity contribution is -0.139. The van der Waals surface area contributed by atoms with Crippen molar-refractivity contribution >= 4 is 17.6 Å². The van der Waals surface area contributed by atoms with Crippen molar-refractivity contribution in [2.45, 2.75) is 32.0 Å². The third-order valence-electron chi connectivity index (χ3n) is 3.97. The van der Waals surface area contributed by atoms with E-state index in [0.29, 0.717) is 19.4 Å². The van der Waals surface area contributed by atoms with Crippen molar-refractivity contribution in [1.82, 2.24) is 4.90 Å². The highest BCUT2D eigenvalue weighted by Crippen LogP contribution is 2.38. The Hall–Kier alpha value is -2.09. The number of hydrogen-bond acceptors (Lipinski definition) is 3. The highest BCUT2D eigenvalue weighted by atomic mass is 19.4. The molecule has 1 aromatic rings. The van der Waals surface area contributed by atoms with E-state index in [-0.39, 0.29) is 18.8 Å². The van der Waals surface area contributed by atoms with E-state index >= 15 is 0 Å². The average molecular weight is 344 g/mol. The van der Waals surface area contributed by atoms with Gasteiger partial charge < -0.3 is 10.0 Å². The van der Waals surface area contributed by atoms with Crippen molar-refractivity contribution in [3.63, 3.8) is 0 Å². The molecule has 1 aromatic carbocycles. The number of carboxylic acid groups (broad SMARTS) is 1. The van der Waals surface area contributed by atoms with Crippen LogP contribution in [0.5, 0.6) is 0 Å². The van der Waals surface area contributed by atoms with Crippen LogP contribution in [0.3, 0.4) is 0 Å². The van der Waals surface area contributed by atoms with Gasteiger partial charge in [0.2, 0.25) is 5.91 Å². The number of para-hydroxylation sites is 1. The summed E-state index contributed by atoms with van der Waals surface area (Å²) in [6.07, 6.45) is -3.60. The molecule has 0 bridgehead atoms. The largest absolute Gasteiger partial charge is 0.480 e. The molecule has 1 atom stereocenters. The summed E-state index contributed by atoms with van der Waals surface area (Å²) in [5.41, 5.74) is -1.04. The zero-order valence-corrected chi connectivity index (χ0v) is 13.2. The lowest BCUT2D eigenvalue weighted by Gasteiger charge is -2.26. The molecule has 1 amide bonds. The number of carboxylic acids is 1. The predicted molar refractivity (Wildman–Crippen MR) is 81.7 cm³/mol. The van der Waals surface area contributed by atoms with Gasteiger partial charge in [0.05, 0.1) is 23.8 Å². The average Bonchev–Trinajstić information content (AvgIpc) is 2.87. The topological polar surface area (TPSA) is 60.9 Å². The Morgan fingerprint density at radius 3 is 2.62 bits per heavy atom. The molecule has 0 saturated carbocycles. The molecule has 1 aliphatic rings. The summed E-state index contributed by atoms with van der Waals surface area (Å²) in [6, 6.07) is 4.23. The summed E-state index contributed by atoms with van der Waals surface area (Å²) in [7, 11) is 0. The first kappa shape index (κ1) is 18.3.